The Morgan fingerprint density at radius 3 is 2.22 bits per heavy atom. The van der Waals surface area contributed by atoms with Gasteiger partial charge < -0.3 is 19.7 Å². The molecule has 0 aliphatic rings. The highest BCUT2D eigenvalue weighted by molar-refractivity contribution is 5.33. The van der Waals surface area contributed by atoms with Crippen LogP contribution in [0.5, 0.6) is 11.8 Å². The van der Waals surface area contributed by atoms with Crippen molar-refractivity contribution < 1.29 is 9.47 Å². The molecule has 0 amide bonds. The van der Waals surface area contributed by atoms with Crippen LogP contribution in [0, 0.1) is 0 Å². The Balaban J connectivity index is 2.41. The number of rotatable bonds is 8. The van der Waals surface area contributed by atoms with Crippen LogP contribution >= 0.6 is 0 Å². The Kier molecular flexibility index (Phi) is 6.21. The van der Waals surface area contributed by atoms with Gasteiger partial charge in [-0.2, -0.15) is 9.97 Å². The van der Waals surface area contributed by atoms with E-state index in [0.29, 0.717) is 17.7 Å². The van der Waals surface area contributed by atoms with E-state index in [1.54, 1.807) is 20.3 Å². The van der Waals surface area contributed by atoms with E-state index in [2.05, 4.69) is 34.3 Å². The number of hydrogen-bond acceptors (Lipinski definition) is 6. The van der Waals surface area contributed by atoms with Crippen LogP contribution in [-0.2, 0) is 0 Å². The first-order chi connectivity index (χ1) is 8.65. The van der Waals surface area contributed by atoms with Crippen LogP contribution in [0.3, 0.4) is 0 Å². The van der Waals surface area contributed by atoms with Crippen molar-refractivity contribution in [3.63, 3.8) is 0 Å². The van der Waals surface area contributed by atoms with Gasteiger partial charge in [0.1, 0.15) is 0 Å². The van der Waals surface area contributed by atoms with Gasteiger partial charge in [-0.25, -0.2) is 0 Å². The smallest absolute Gasteiger partial charge is 0.229 e. The molecule has 0 unspecified atom stereocenters. The summed E-state index contributed by atoms with van der Waals surface area (Å²) in [5, 5.41) is 3.17. The Morgan fingerprint density at radius 1 is 1.11 bits per heavy atom. The molecule has 6 heteroatoms. The van der Waals surface area contributed by atoms with Crippen molar-refractivity contribution in [3.8, 4) is 11.8 Å². The van der Waals surface area contributed by atoms with Gasteiger partial charge in [0, 0.05) is 6.54 Å². The Labute approximate surface area is 108 Å². The summed E-state index contributed by atoms with van der Waals surface area (Å²) in [4.78, 5) is 10.6. The van der Waals surface area contributed by atoms with Crippen molar-refractivity contribution in [1.29, 1.82) is 0 Å². The summed E-state index contributed by atoms with van der Waals surface area (Å²) in [6.07, 6.45) is 2.21. The molecule has 0 saturated carbocycles. The highest BCUT2D eigenvalue weighted by Crippen LogP contribution is 2.17. The maximum Gasteiger partial charge on any atom is 0.229 e. The van der Waals surface area contributed by atoms with Gasteiger partial charge in [0.15, 0.2) is 0 Å². The third-order valence-corrected chi connectivity index (χ3v) is 2.41. The van der Waals surface area contributed by atoms with Crippen molar-refractivity contribution >= 4 is 5.95 Å². The van der Waals surface area contributed by atoms with Gasteiger partial charge in [-0.05, 0) is 33.5 Å². The number of hydrogen-bond donors (Lipinski definition) is 1. The van der Waals surface area contributed by atoms with E-state index >= 15 is 0 Å². The molecule has 0 bridgehead atoms. The first kappa shape index (κ1) is 14.5. The molecule has 1 heterocycles. The van der Waals surface area contributed by atoms with Crippen LogP contribution in [0.25, 0.3) is 0 Å². The van der Waals surface area contributed by atoms with E-state index in [0.717, 1.165) is 25.9 Å². The number of unbranched alkanes of at least 4 members (excludes halogenated alkanes) is 1. The maximum atomic E-state index is 5.08. The summed E-state index contributed by atoms with van der Waals surface area (Å²) in [6.45, 7) is 1.92. The van der Waals surface area contributed by atoms with Crippen LogP contribution in [0.1, 0.15) is 12.8 Å². The third-order valence-electron chi connectivity index (χ3n) is 2.41. The average molecular weight is 254 g/mol. The molecule has 0 atom stereocenters. The van der Waals surface area contributed by atoms with Crippen LogP contribution in [0.4, 0.5) is 5.95 Å². The van der Waals surface area contributed by atoms with Crippen molar-refractivity contribution in [2.75, 3.05) is 46.7 Å². The molecule has 1 rings (SSSR count). The van der Waals surface area contributed by atoms with Gasteiger partial charge in [-0.15, -0.1) is 0 Å². The number of methoxy groups -OCH3 is 2. The Bertz CT molecular complexity index is 336. The normalized spacial score (nSPS) is 10.5. The predicted octanol–water partition coefficient (Wildman–Crippen LogP) is 1.25. The molecule has 102 valence electrons. The number of anilines is 1. The number of nitrogens with zero attached hydrogens (tertiary/aromatic N) is 3. The van der Waals surface area contributed by atoms with Crippen LogP contribution < -0.4 is 14.8 Å². The molecule has 1 aromatic rings. The largest absolute Gasteiger partial charge is 0.481 e. The Hall–Kier alpha value is -1.56. The van der Waals surface area contributed by atoms with E-state index in [1.807, 2.05) is 0 Å². The minimum Gasteiger partial charge on any atom is -0.481 e. The zero-order chi connectivity index (χ0) is 13.4. The fourth-order valence-electron chi connectivity index (χ4n) is 1.45. The van der Waals surface area contributed by atoms with E-state index in [1.165, 1.54) is 0 Å². The molecule has 0 saturated heterocycles. The second-order valence-electron chi connectivity index (χ2n) is 4.21. The molecule has 1 aromatic heterocycles. The second-order valence-corrected chi connectivity index (χ2v) is 4.21. The first-order valence-corrected chi connectivity index (χ1v) is 6.01. The van der Waals surface area contributed by atoms with E-state index in [4.69, 9.17) is 9.47 Å². The number of ether oxygens (including phenoxy) is 2. The summed E-state index contributed by atoms with van der Waals surface area (Å²) in [5.41, 5.74) is 0. The number of aromatic nitrogens is 2. The molecule has 18 heavy (non-hydrogen) atoms. The van der Waals surface area contributed by atoms with E-state index in [9.17, 15) is 0 Å². The van der Waals surface area contributed by atoms with Gasteiger partial charge in [-0.1, -0.05) is 0 Å². The molecule has 0 fully saturated rings. The summed E-state index contributed by atoms with van der Waals surface area (Å²) in [6, 6.07) is 1.65. The van der Waals surface area contributed by atoms with Crippen LogP contribution in [0.15, 0.2) is 6.07 Å². The molecule has 0 aliphatic carbocycles. The quantitative estimate of drug-likeness (QED) is 0.705. The van der Waals surface area contributed by atoms with Gasteiger partial charge >= 0.3 is 0 Å². The van der Waals surface area contributed by atoms with Crippen molar-refractivity contribution in [2.45, 2.75) is 12.8 Å². The summed E-state index contributed by atoms with van der Waals surface area (Å²) >= 11 is 0. The fourth-order valence-corrected chi connectivity index (χ4v) is 1.45. The molecular weight excluding hydrogens is 232 g/mol. The molecular formula is C12H22N4O2. The topological polar surface area (TPSA) is 59.5 Å². The lowest BCUT2D eigenvalue weighted by atomic mass is 10.3. The van der Waals surface area contributed by atoms with E-state index < -0.39 is 0 Å². The molecule has 0 aromatic carbocycles. The lowest BCUT2D eigenvalue weighted by Crippen LogP contribution is -2.14. The molecule has 0 spiro atoms. The summed E-state index contributed by atoms with van der Waals surface area (Å²) in [7, 11) is 7.29. The van der Waals surface area contributed by atoms with Gasteiger partial charge in [0.2, 0.25) is 17.7 Å². The predicted molar refractivity (Wildman–Crippen MR) is 71.4 cm³/mol. The molecule has 1 N–H and O–H groups in total. The van der Waals surface area contributed by atoms with Gasteiger partial charge in [0.25, 0.3) is 0 Å². The summed E-state index contributed by atoms with van der Waals surface area (Å²) < 4.78 is 10.2. The SMILES string of the molecule is COc1cc(OC)nc(NCCCCN(C)C)n1. The molecule has 0 radical (unpaired) electrons. The Morgan fingerprint density at radius 2 is 1.72 bits per heavy atom. The third kappa shape index (κ3) is 5.18. The van der Waals surface area contributed by atoms with Crippen molar-refractivity contribution in [2.24, 2.45) is 0 Å². The maximum absolute atomic E-state index is 5.08. The molecule has 0 aliphatic heterocycles. The lowest BCUT2D eigenvalue weighted by Gasteiger charge is -2.10. The zero-order valence-electron chi connectivity index (χ0n) is 11.6. The van der Waals surface area contributed by atoms with Crippen molar-refractivity contribution in [3.05, 3.63) is 6.07 Å². The summed E-state index contributed by atoms with van der Waals surface area (Å²) in [5.74, 6) is 1.53. The van der Waals surface area contributed by atoms with Crippen molar-refractivity contribution in [1.82, 2.24) is 14.9 Å². The van der Waals surface area contributed by atoms with Crippen LogP contribution in [-0.4, -0.2) is 56.3 Å². The van der Waals surface area contributed by atoms with Gasteiger partial charge in [0.05, 0.1) is 20.3 Å². The fraction of sp³-hybridized carbons (Fsp3) is 0.667. The highest BCUT2D eigenvalue weighted by atomic mass is 16.5. The average Bonchev–Trinajstić information content (AvgIpc) is 2.37. The standard InChI is InChI=1S/C12H22N4O2/c1-16(2)8-6-5-7-13-12-14-10(17-3)9-11(15-12)18-4/h9H,5-8H2,1-4H3,(H,13,14,15). The minimum absolute atomic E-state index is 0.498. The second kappa shape index (κ2) is 7.71. The molecule has 6 nitrogen and oxygen atoms in total. The highest BCUT2D eigenvalue weighted by Gasteiger charge is 2.04. The lowest BCUT2D eigenvalue weighted by molar-refractivity contribution is 0.372. The van der Waals surface area contributed by atoms with Gasteiger partial charge in [-0.3, -0.25) is 0 Å². The van der Waals surface area contributed by atoms with E-state index in [-0.39, 0.29) is 0 Å². The zero-order valence-corrected chi connectivity index (χ0v) is 11.6. The van der Waals surface area contributed by atoms with Crippen LogP contribution in [0.2, 0.25) is 0 Å². The minimum atomic E-state index is 0.498. The monoisotopic (exact) mass is 254 g/mol. The first-order valence-electron chi connectivity index (χ1n) is 6.01. The number of nitrogens with one attached hydrogen (secondary N) is 1.